The molecule has 0 spiro atoms. The Hall–Kier alpha value is -1.77. The van der Waals surface area contributed by atoms with Crippen molar-refractivity contribution in [2.75, 3.05) is 0 Å². The molecule has 0 fully saturated rings. The average Bonchev–Trinajstić information content (AvgIpc) is 2.43. The van der Waals surface area contributed by atoms with Gasteiger partial charge in [-0.05, 0) is 73.3 Å². The Labute approximate surface area is 148 Å². The molecule has 1 atom stereocenters. The van der Waals surface area contributed by atoms with Gasteiger partial charge >= 0.3 is 6.09 Å². The van der Waals surface area contributed by atoms with Crippen molar-refractivity contribution in [3.8, 4) is 0 Å². The molecule has 0 rings (SSSR count). The lowest BCUT2D eigenvalue weighted by Gasteiger charge is -2.13. The van der Waals surface area contributed by atoms with Crippen LogP contribution in [0, 0.1) is 0 Å². The Balaban J connectivity index is 4.67. The molecule has 1 unspecified atom stereocenters. The molecule has 0 heterocycles. The summed E-state index contributed by atoms with van der Waals surface area (Å²) in [5, 5.41) is 0. The average molecular weight is 334 g/mol. The van der Waals surface area contributed by atoms with Gasteiger partial charge in [0.15, 0.2) is 0 Å². The normalized spacial score (nSPS) is 13.2. The molecule has 0 aliphatic rings. The number of amides is 1. The topological polar surface area (TPSA) is 52.3 Å². The molecular weight excluding hydrogens is 298 g/mol. The number of primary amides is 1. The first kappa shape index (κ1) is 22.2. The molecular formula is C21H35NO2. The third-order valence-corrected chi connectivity index (χ3v) is 3.62. The van der Waals surface area contributed by atoms with E-state index < -0.39 is 6.09 Å². The SMILES string of the molecule is CC(C)=CCC/C(C)=C/CC(/C=C(\C)CCC=C(C)C)OC(N)=O. The van der Waals surface area contributed by atoms with Gasteiger partial charge in [-0.15, -0.1) is 0 Å². The molecule has 3 heteroatoms. The third-order valence-electron chi connectivity index (χ3n) is 3.62. The predicted molar refractivity (Wildman–Crippen MR) is 104 cm³/mol. The number of ether oxygens (including phenoxy) is 1. The van der Waals surface area contributed by atoms with Gasteiger partial charge < -0.3 is 10.5 Å². The van der Waals surface area contributed by atoms with Crippen molar-refractivity contribution in [2.45, 2.75) is 79.8 Å². The van der Waals surface area contributed by atoms with Crippen LogP contribution in [0.25, 0.3) is 0 Å². The first-order valence-electron chi connectivity index (χ1n) is 8.76. The maximum Gasteiger partial charge on any atom is 0.405 e. The molecule has 0 saturated carbocycles. The number of hydrogen-bond donors (Lipinski definition) is 1. The quantitative estimate of drug-likeness (QED) is 0.482. The summed E-state index contributed by atoms with van der Waals surface area (Å²) in [5.41, 5.74) is 10.4. The Morgan fingerprint density at radius 3 is 1.83 bits per heavy atom. The lowest BCUT2D eigenvalue weighted by Crippen LogP contribution is -2.21. The smallest absolute Gasteiger partial charge is 0.405 e. The standard InChI is InChI=1S/C21H35NO2/c1-16(2)9-7-11-18(5)13-14-20(24-21(22)23)15-19(6)12-8-10-17(3)4/h9-10,13,15,20H,7-8,11-12,14H2,1-6H3,(H2,22,23)/b18-13+,19-15+. The predicted octanol–water partition coefficient (Wildman–Crippen LogP) is 6.23. The molecule has 0 aliphatic heterocycles. The highest BCUT2D eigenvalue weighted by molar-refractivity contribution is 5.65. The molecule has 136 valence electrons. The van der Waals surface area contributed by atoms with Crippen molar-refractivity contribution in [3.63, 3.8) is 0 Å². The summed E-state index contributed by atoms with van der Waals surface area (Å²) in [5.74, 6) is 0. The summed E-state index contributed by atoms with van der Waals surface area (Å²) in [7, 11) is 0. The fourth-order valence-electron chi connectivity index (χ4n) is 2.30. The van der Waals surface area contributed by atoms with Gasteiger partial charge in [-0.3, -0.25) is 0 Å². The van der Waals surface area contributed by atoms with Gasteiger partial charge in [0, 0.05) is 6.42 Å². The largest absolute Gasteiger partial charge is 0.442 e. The number of hydrogen-bond acceptors (Lipinski definition) is 2. The van der Waals surface area contributed by atoms with E-state index in [9.17, 15) is 4.79 Å². The van der Waals surface area contributed by atoms with E-state index in [1.807, 2.05) is 6.08 Å². The van der Waals surface area contributed by atoms with E-state index in [4.69, 9.17) is 10.5 Å². The summed E-state index contributed by atoms with van der Waals surface area (Å²) in [6, 6.07) is 0. The van der Waals surface area contributed by atoms with Crippen LogP contribution in [0.5, 0.6) is 0 Å². The van der Waals surface area contributed by atoms with E-state index in [0.717, 1.165) is 25.7 Å². The molecule has 1 amide bonds. The van der Waals surface area contributed by atoms with E-state index in [1.54, 1.807) is 0 Å². The molecule has 0 radical (unpaired) electrons. The van der Waals surface area contributed by atoms with Crippen LogP contribution in [0.1, 0.15) is 73.6 Å². The highest BCUT2D eigenvalue weighted by Crippen LogP contribution is 2.14. The highest BCUT2D eigenvalue weighted by Gasteiger charge is 2.08. The van der Waals surface area contributed by atoms with Gasteiger partial charge in [-0.25, -0.2) is 4.79 Å². The van der Waals surface area contributed by atoms with Crippen LogP contribution in [0.2, 0.25) is 0 Å². The van der Waals surface area contributed by atoms with Crippen LogP contribution in [-0.4, -0.2) is 12.2 Å². The first-order valence-corrected chi connectivity index (χ1v) is 8.76. The fraction of sp³-hybridized carbons (Fsp3) is 0.571. The van der Waals surface area contributed by atoms with E-state index in [1.165, 1.54) is 22.3 Å². The van der Waals surface area contributed by atoms with E-state index in [0.29, 0.717) is 6.42 Å². The first-order chi connectivity index (χ1) is 11.2. The molecule has 0 aromatic carbocycles. The minimum atomic E-state index is -0.719. The Bertz CT molecular complexity index is 502. The highest BCUT2D eigenvalue weighted by atomic mass is 16.6. The van der Waals surface area contributed by atoms with Crippen molar-refractivity contribution in [3.05, 3.63) is 46.6 Å². The second-order valence-corrected chi connectivity index (χ2v) is 6.91. The number of rotatable bonds is 10. The number of allylic oxidation sites excluding steroid dienone is 6. The maximum absolute atomic E-state index is 11.1. The fourth-order valence-corrected chi connectivity index (χ4v) is 2.30. The number of carbonyl (C=O) groups excluding carboxylic acids is 1. The van der Waals surface area contributed by atoms with Gasteiger partial charge in [0.25, 0.3) is 0 Å². The van der Waals surface area contributed by atoms with Crippen LogP contribution < -0.4 is 5.73 Å². The summed E-state index contributed by atoms with van der Waals surface area (Å²) in [6.45, 7) is 12.6. The summed E-state index contributed by atoms with van der Waals surface area (Å²) in [6.07, 6.45) is 12.3. The molecule has 0 bridgehead atoms. The van der Waals surface area contributed by atoms with Crippen molar-refractivity contribution in [2.24, 2.45) is 5.73 Å². The zero-order valence-corrected chi connectivity index (χ0v) is 16.3. The molecule has 3 nitrogen and oxygen atoms in total. The zero-order chi connectivity index (χ0) is 18.5. The second-order valence-electron chi connectivity index (χ2n) is 6.91. The number of nitrogens with two attached hydrogens (primary N) is 1. The van der Waals surface area contributed by atoms with Crippen LogP contribution in [0.4, 0.5) is 4.79 Å². The molecule has 0 aromatic heterocycles. The molecule has 0 aliphatic carbocycles. The van der Waals surface area contributed by atoms with Crippen LogP contribution in [0.3, 0.4) is 0 Å². The van der Waals surface area contributed by atoms with Gasteiger partial charge in [0.2, 0.25) is 0 Å². The summed E-state index contributed by atoms with van der Waals surface area (Å²) < 4.78 is 5.23. The number of carbonyl (C=O) groups is 1. The maximum atomic E-state index is 11.1. The monoisotopic (exact) mass is 333 g/mol. The minimum absolute atomic E-state index is 0.285. The van der Waals surface area contributed by atoms with Crippen molar-refractivity contribution in [1.82, 2.24) is 0 Å². The minimum Gasteiger partial charge on any atom is -0.442 e. The van der Waals surface area contributed by atoms with Gasteiger partial charge in [0.1, 0.15) is 6.10 Å². The van der Waals surface area contributed by atoms with Crippen molar-refractivity contribution in [1.29, 1.82) is 0 Å². The molecule has 0 aromatic rings. The van der Waals surface area contributed by atoms with Crippen LogP contribution in [-0.2, 0) is 4.74 Å². The van der Waals surface area contributed by atoms with Gasteiger partial charge in [-0.2, -0.15) is 0 Å². The van der Waals surface area contributed by atoms with E-state index >= 15 is 0 Å². The van der Waals surface area contributed by atoms with E-state index in [2.05, 4.69) is 59.8 Å². The Kier molecular flexibility index (Phi) is 11.7. The molecule has 24 heavy (non-hydrogen) atoms. The molecule has 2 N–H and O–H groups in total. The Morgan fingerprint density at radius 2 is 1.38 bits per heavy atom. The van der Waals surface area contributed by atoms with Gasteiger partial charge in [-0.1, -0.05) is 40.5 Å². The lowest BCUT2D eigenvalue weighted by atomic mass is 10.0. The second kappa shape index (κ2) is 12.6. The summed E-state index contributed by atoms with van der Waals surface area (Å²) >= 11 is 0. The zero-order valence-electron chi connectivity index (χ0n) is 16.3. The van der Waals surface area contributed by atoms with Crippen molar-refractivity contribution < 1.29 is 9.53 Å². The summed E-state index contributed by atoms with van der Waals surface area (Å²) in [4.78, 5) is 11.1. The van der Waals surface area contributed by atoms with Gasteiger partial charge in [0.05, 0.1) is 0 Å². The third kappa shape index (κ3) is 13.9. The molecule has 0 saturated heterocycles. The van der Waals surface area contributed by atoms with Crippen LogP contribution in [0.15, 0.2) is 46.6 Å². The Morgan fingerprint density at radius 1 is 0.875 bits per heavy atom. The lowest BCUT2D eigenvalue weighted by molar-refractivity contribution is 0.130. The van der Waals surface area contributed by atoms with Crippen molar-refractivity contribution >= 4 is 6.09 Å². The van der Waals surface area contributed by atoms with E-state index in [-0.39, 0.29) is 6.10 Å². The van der Waals surface area contributed by atoms with Crippen LogP contribution >= 0.6 is 0 Å².